The Morgan fingerprint density at radius 3 is 0.940 bits per heavy atom. The summed E-state index contributed by atoms with van der Waals surface area (Å²) in [5.74, 6) is 1.83. The largest absolute Gasteiger partial charge is 0.310 e. The van der Waals surface area contributed by atoms with Crippen molar-refractivity contribution < 1.29 is 0 Å². The first-order valence-corrected chi connectivity index (χ1v) is 22.6. The van der Waals surface area contributed by atoms with Gasteiger partial charge in [-0.1, -0.05) is 206 Å². The Morgan fingerprint density at radius 1 is 0.179 bits per heavy atom. The van der Waals surface area contributed by atoms with Crippen LogP contribution in [0.1, 0.15) is 0 Å². The fourth-order valence-electron chi connectivity index (χ4n) is 8.68. The van der Waals surface area contributed by atoms with Gasteiger partial charge in [-0.2, -0.15) is 0 Å². The standard InChI is InChI=1S/C63H44N4/c1-6-18-45(19-7-1)49-32-36-58(37-33-49)67(59-38-34-50(35-39-59)46-20-8-2-9-21-46)60-31-17-29-53(44-60)52-28-16-30-54(40-52)62-64-61(51-26-14-5-15-27-51)65-63(66-62)57-42-55(47-22-10-3-11-23-47)41-56(43-57)48-24-12-4-13-25-48/h1-44H. The molecule has 11 aromatic rings. The minimum Gasteiger partial charge on any atom is -0.310 e. The first kappa shape index (κ1) is 40.8. The molecule has 1 heterocycles. The molecule has 0 amide bonds. The van der Waals surface area contributed by atoms with Crippen LogP contribution in [0.2, 0.25) is 0 Å². The third-order valence-electron chi connectivity index (χ3n) is 12.1. The topological polar surface area (TPSA) is 41.9 Å². The Hall–Kier alpha value is -8.99. The number of nitrogens with zero attached hydrogens (tertiary/aromatic N) is 4. The van der Waals surface area contributed by atoms with Gasteiger partial charge in [-0.25, -0.2) is 15.0 Å². The molecule has 316 valence electrons. The van der Waals surface area contributed by atoms with Gasteiger partial charge >= 0.3 is 0 Å². The summed E-state index contributed by atoms with van der Waals surface area (Å²) in [4.78, 5) is 17.9. The first-order valence-electron chi connectivity index (χ1n) is 22.6. The van der Waals surface area contributed by atoms with Crippen LogP contribution in [-0.4, -0.2) is 15.0 Å². The highest BCUT2D eigenvalue weighted by molar-refractivity contribution is 5.84. The molecule has 11 rings (SSSR count). The van der Waals surface area contributed by atoms with Gasteiger partial charge in [0.25, 0.3) is 0 Å². The Morgan fingerprint density at radius 2 is 0.478 bits per heavy atom. The Kier molecular flexibility index (Phi) is 11.3. The molecule has 0 bridgehead atoms. The van der Waals surface area contributed by atoms with Crippen molar-refractivity contribution in [3.05, 3.63) is 267 Å². The molecule has 0 saturated heterocycles. The van der Waals surface area contributed by atoms with Crippen LogP contribution in [0.5, 0.6) is 0 Å². The van der Waals surface area contributed by atoms with E-state index >= 15 is 0 Å². The van der Waals surface area contributed by atoms with E-state index in [1.807, 2.05) is 30.3 Å². The molecule has 0 radical (unpaired) electrons. The average molecular weight is 857 g/mol. The molecule has 0 fully saturated rings. The first-order chi connectivity index (χ1) is 33.2. The van der Waals surface area contributed by atoms with E-state index in [4.69, 9.17) is 15.0 Å². The third kappa shape index (κ3) is 8.93. The molecular formula is C63H44N4. The molecule has 0 N–H and O–H groups in total. The molecule has 0 saturated carbocycles. The van der Waals surface area contributed by atoms with Gasteiger partial charge < -0.3 is 4.90 Å². The number of aromatic nitrogens is 3. The fraction of sp³-hybridized carbons (Fsp3) is 0. The summed E-state index contributed by atoms with van der Waals surface area (Å²) in [6, 6.07) is 93.7. The van der Waals surface area contributed by atoms with Crippen LogP contribution in [0, 0.1) is 0 Å². The fourth-order valence-corrected chi connectivity index (χ4v) is 8.68. The van der Waals surface area contributed by atoms with Crippen molar-refractivity contribution >= 4 is 17.1 Å². The smallest absolute Gasteiger partial charge is 0.164 e. The molecular weight excluding hydrogens is 813 g/mol. The van der Waals surface area contributed by atoms with Gasteiger partial charge in [0.15, 0.2) is 17.5 Å². The molecule has 4 heteroatoms. The molecule has 0 unspecified atom stereocenters. The maximum absolute atomic E-state index is 5.26. The van der Waals surface area contributed by atoms with Crippen molar-refractivity contribution in [2.45, 2.75) is 0 Å². The average Bonchev–Trinajstić information content (AvgIpc) is 3.42. The van der Waals surface area contributed by atoms with E-state index in [1.165, 1.54) is 22.3 Å². The lowest BCUT2D eigenvalue weighted by Gasteiger charge is -2.26. The number of anilines is 3. The zero-order valence-corrected chi connectivity index (χ0v) is 36.7. The Bertz CT molecular complexity index is 3270. The zero-order valence-electron chi connectivity index (χ0n) is 36.7. The molecule has 10 aromatic carbocycles. The number of hydrogen-bond donors (Lipinski definition) is 0. The number of benzene rings is 10. The highest BCUT2D eigenvalue weighted by atomic mass is 15.1. The van der Waals surface area contributed by atoms with Crippen LogP contribution in [-0.2, 0) is 0 Å². The highest BCUT2D eigenvalue weighted by Gasteiger charge is 2.18. The Labute approximate surface area is 391 Å². The second-order valence-electron chi connectivity index (χ2n) is 16.5. The van der Waals surface area contributed by atoms with Crippen LogP contribution in [0.4, 0.5) is 17.1 Å². The van der Waals surface area contributed by atoms with E-state index in [2.05, 4.69) is 241 Å². The van der Waals surface area contributed by atoms with Crippen molar-refractivity contribution in [1.29, 1.82) is 0 Å². The summed E-state index contributed by atoms with van der Waals surface area (Å²) in [6.45, 7) is 0. The zero-order chi connectivity index (χ0) is 44.8. The molecule has 4 nitrogen and oxygen atoms in total. The number of hydrogen-bond acceptors (Lipinski definition) is 4. The van der Waals surface area contributed by atoms with Gasteiger partial charge in [0, 0.05) is 33.8 Å². The van der Waals surface area contributed by atoms with Crippen LogP contribution >= 0.6 is 0 Å². The van der Waals surface area contributed by atoms with Gasteiger partial charge in [-0.05, 0) is 116 Å². The molecule has 0 aliphatic rings. The molecule has 0 spiro atoms. The predicted molar refractivity (Wildman–Crippen MR) is 278 cm³/mol. The van der Waals surface area contributed by atoms with E-state index < -0.39 is 0 Å². The van der Waals surface area contributed by atoms with Gasteiger partial charge in [0.05, 0.1) is 0 Å². The van der Waals surface area contributed by atoms with E-state index in [0.29, 0.717) is 17.5 Å². The maximum atomic E-state index is 5.26. The minimum absolute atomic E-state index is 0.604. The lowest BCUT2D eigenvalue weighted by atomic mass is 9.96. The number of rotatable bonds is 11. The SMILES string of the molecule is c1ccc(-c2ccc(N(c3ccc(-c4ccccc4)cc3)c3cccc(-c4cccc(-c5nc(-c6ccccc6)nc(-c6cc(-c7ccccc7)cc(-c7ccccc7)c6)n5)c4)c3)cc2)cc1. The lowest BCUT2D eigenvalue weighted by Crippen LogP contribution is -2.10. The summed E-state index contributed by atoms with van der Waals surface area (Å²) in [6.07, 6.45) is 0. The van der Waals surface area contributed by atoms with Gasteiger partial charge in [-0.15, -0.1) is 0 Å². The van der Waals surface area contributed by atoms with Gasteiger partial charge in [-0.3, -0.25) is 0 Å². The van der Waals surface area contributed by atoms with Gasteiger partial charge in [0.2, 0.25) is 0 Å². The van der Waals surface area contributed by atoms with Crippen LogP contribution in [0.15, 0.2) is 267 Å². The quantitative estimate of drug-likeness (QED) is 0.130. The van der Waals surface area contributed by atoms with E-state index in [1.54, 1.807) is 0 Å². The van der Waals surface area contributed by atoms with E-state index in [0.717, 1.165) is 67.1 Å². The van der Waals surface area contributed by atoms with E-state index in [9.17, 15) is 0 Å². The Balaban J connectivity index is 0.999. The van der Waals surface area contributed by atoms with Gasteiger partial charge in [0.1, 0.15) is 0 Å². The molecule has 0 aliphatic carbocycles. The van der Waals surface area contributed by atoms with E-state index in [-0.39, 0.29) is 0 Å². The maximum Gasteiger partial charge on any atom is 0.164 e. The lowest BCUT2D eigenvalue weighted by molar-refractivity contribution is 1.07. The van der Waals surface area contributed by atoms with Crippen molar-refractivity contribution in [3.63, 3.8) is 0 Å². The summed E-state index contributed by atoms with van der Waals surface area (Å²) in [5.41, 5.74) is 17.2. The molecule has 0 aliphatic heterocycles. The second-order valence-corrected chi connectivity index (χ2v) is 16.5. The van der Waals surface area contributed by atoms with Crippen LogP contribution in [0.3, 0.4) is 0 Å². The second kappa shape index (κ2) is 18.6. The summed E-state index contributed by atoms with van der Waals surface area (Å²) < 4.78 is 0. The van der Waals surface area contributed by atoms with Crippen molar-refractivity contribution in [3.8, 4) is 89.8 Å². The summed E-state index contributed by atoms with van der Waals surface area (Å²) in [7, 11) is 0. The summed E-state index contributed by atoms with van der Waals surface area (Å²) >= 11 is 0. The van der Waals surface area contributed by atoms with Crippen molar-refractivity contribution in [2.75, 3.05) is 4.90 Å². The minimum atomic E-state index is 0.604. The summed E-state index contributed by atoms with van der Waals surface area (Å²) in [5, 5.41) is 0. The van der Waals surface area contributed by atoms with Crippen LogP contribution < -0.4 is 4.90 Å². The normalized spacial score (nSPS) is 11.0. The van der Waals surface area contributed by atoms with Crippen molar-refractivity contribution in [1.82, 2.24) is 15.0 Å². The highest BCUT2D eigenvalue weighted by Crippen LogP contribution is 2.39. The van der Waals surface area contributed by atoms with Crippen molar-refractivity contribution in [2.24, 2.45) is 0 Å². The predicted octanol–water partition coefficient (Wildman–Crippen LogP) is 16.7. The van der Waals surface area contributed by atoms with Crippen LogP contribution in [0.25, 0.3) is 89.8 Å². The molecule has 0 atom stereocenters. The third-order valence-corrected chi connectivity index (χ3v) is 12.1. The molecule has 1 aromatic heterocycles. The monoisotopic (exact) mass is 856 g/mol. The molecule has 67 heavy (non-hydrogen) atoms.